The highest BCUT2D eigenvalue weighted by atomic mass is 35.5. The number of anilines is 1. The van der Waals surface area contributed by atoms with Crippen molar-refractivity contribution < 1.29 is 24.6 Å². The Morgan fingerprint density at radius 1 is 1.05 bits per heavy atom. The maximum atomic E-state index is 11.9. The van der Waals surface area contributed by atoms with Crippen molar-refractivity contribution in [2.45, 2.75) is 0 Å². The number of rotatable bonds is 5. The molecule has 0 bridgehead atoms. The van der Waals surface area contributed by atoms with Gasteiger partial charge < -0.3 is 20.4 Å². The Bertz CT molecular complexity index is 513. The standard InChI is InChI=1S/C11H10Cl2N2O5/c12-6-2-1-3-7(13)10(6)14-11(20)15(4-8(16)17)5-9(18)19/h1-3H,4-5H2,(H,14,20)(H,16,17)(H,18,19). The van der Waals surface area contributed by atoms with Crippen LogP contribution in [-0.2, 0) is 9.59 Å². The molecule has 0 aromatic heterocycles. The van der Waals surface area contributed by atoms with Gasteiger partial charge in [-0.2, -0.15) is 0 Å². The molecule has 9 heteroatoms. The summed E-state index contributed by atoms with van der Waals surface area (Å²) in [6, 6.07) is 3.58. The average molecular weight is 321 g/mol. The van der Waals surface area contributed by atoms with E-state index in [1.807, 2.05) is 0 Å². The quantitative estimate of drug-likeness (QED) is 0.769. The van der Waals surface area contributed by atoms with E-state index in [1.54, 1.807) is 6.07 Å². The smallest absolute Gasteiger partial charge is 0.323 e. The zero-order valence-electron chi connectivity index (χ0n) is 9.97. The van der Waals surface area contributed by atoms with Crippen LogP contribution in [0.4, 0.5) is 10.5 Å². The van der Waals surface area contributed by atoms with Gasteiger partial charge in [0.1, 0.15) is 13.1 Å². The lowest BCUT2D eigenvalue weighted by Gasteiger charge is -2.19. The van der Waals surface area contributed by atoms with Gasteiger partial charge in [-0.15, -0.1) is 0 Å². The minimum absolute atomic E-state index is 0.0848. The van der Waals surface area contributed by atoms with E-state index in [0.29, 0.717) is 4.90 Å². The molecule has 0 aliphatic rings. The Morgan fingerprint density at radius 3 is 1.90 bits per heavy atom. The minimum atomic E-state index is -1.34. The Kier molecular flexibility index (Phi) is 5.60. The van der Waals surface area contributed by atoms with Gasteiger partial charge >= 0.3 is 18.0 Å². The van der Waals surface area contributed by atoms with Gasteiger partial charge in [0.2, 0.25) is 0 Å². The summed E-state index contributed by atoms with van der Waals surface area (Å²) in [5.41, 5.74) is 0.0848. The lowest BCUT2D eigenvalue weighted by Crippen LogP contribution is -2.42. The second-order valence-electron chi connectivity index (χ2n) is 3.67. The van der Waals surface area contributed by atoms with Gasteiger partial charge in [0.05, 0.1) is 15.7 Å². The van der Waals surface area contributed by atoms with Gasteiger partial charge in [-0.3, -0.25) is 9.59 Å². The largest absolute Gasteiger partial charge is 0.480 e. The number of amides is 2. The first-order chi connectivity index (χ1) is 9.31. The van der Waals surface area contributed by atoms with E-state index in [2.05, 4.69) is 5.32 Å². The van der Waals surface area contributed by atoms with Crippen LogP contribution in [0.5, 0.6) is 0 Å². The van der Waals surface area contributed by atoms with E-state index in [-0.39, 0.29) is 15.7 Å². The Labute approximate surface area is 123 Å². The van der Waals surface area contributed by atoms with Crippen LogP contribution in [0.2, 0.25) is 10.0 Å². The number of aliphatic carboxylic acids is 2. The SMILES string of the molecule is O=C(O)CN(CC(=O)O)C(=O)Nc1c(Cl)cccc1Cl. The summed E-state index contributed by atoms with van der Waals surface area (Å²) in [4.78, 5) is 33.7. The molecule has 0 saturated carbocycles. The number of carboxylic acids is 2. The minimum Gasteiger partial charge on any atom is -0.480 e. The molecular formula is C11H10Cl2N2O5. The summed E-state index contributed by atoms with van der Waals surface area (Å²) in [5.74, 6) is -2.68. The molecule has 0 atom stereocenters. The molecule has 0 heterocycles. The first-order valence-corrected chi connectivity index (χ1v) is 6.00. The van der Waals surface area contributed by atoms with Crippen molar-refractivity contribution in [2.24, 2.45) is 0 Å². The maximum absolute atomic E-state index is 11.9. The fourth-order valence-electron chi connectivity index (χ4n) is 1.33. The lowest BCUT2D eigenvalue weighted by atomic mass is 10.3. The molecule has 20 heavy (non-hydrogen) atoms. The molecule has 0 saturated heterocycles. The third-order valence-corrected chi connectivity index (χ3v) is 2.76. The number of halogens is 2. The molecule has 1 rings (SSSR count). The molecule has 0 aliphatic carbocycles. The van der Waals surface area contributed by atoms with Crippen molar-refractivity contribution in [1.82, 2.24) is 4.90 Å². The van der Waals surface area contributed by atoms with Crippen molar-refractivity contribution in [1.29, 1.82) is 0 Å². The first-order valence-electron chi connectivity index (χ1n) is 5.24. The van der Waals surface area contributed by atoms with Crippen molar-refractivity contribution in [3.63, 3.8) is 0 Å². The highest BCUT2D eigenvalue weighted by Gasteiger charge is 2.21. The molecule has 0 fully saturated rings. The van der Waals surface area contributed by atoms with Crippen molar-refractivity contribution in [2.75, 3.05) is 18.4 Å². The number of benzene rings is 1. The van der Waals surface area contributed by atoms with Crippen LogP contribution in [-0.4, -0.2) is 46.2 Å². The second kappa shape index (κ2) is 6.97. The van der Waals surface area contributed by atoms with Gasteiger partial charge in [-0.1, -0.05) is 29.3 Å². The summed E-state index contributed by atoms with van der Waals surface area (Å²) in [5, 5.41) is 19.9. The highest BCUT2D eigenvalue weighted by Crippen LogP contribution is 2.29. The molecule has 7 nitrogen and oxygen atoms in total. The zero-order chi connectivity index (χ0) is 15.3. The number of carboxylic acid groups (broad SMARTS) is 2. The van der Waals surface area contributed by atoms with E-state index < -0.39 is 31.1 Å². The van der Waals surface area contributed by atoms with Crippen LogP contribution in [0.1, 0.15) is 0 Å². The van der Waals surface area contributed by atoms with Crippen LogP contribution < -0.4 is 5.32 Å². The molecule has 3 N–H and O–H groups in total. The number of para-hydroxylation sites is 1. The number of hydrogen-bond acceptors (Lipinski definition) is 3. The molecular weight excluding hydrogens is 311 g/mol. The van der Waals surface area contributed by atoms with E-state index in [0.717, 1.165) is 0 Å². The van der Waals surface area contributed by atoms with Crippen LogP contribution in [0.15, 0.2) is 18.2 Å². The number of carbonyl (C=O) groups excluding carboxylic acids is 1. The van der Waals surface area contributed by atoms with Gasteiger partial charge in [0, 0.05) is 0 Å². The van der Waals surface area contributed by atoms with E-state index in [9.17, 15) is 14.4 Å². The van der Waals surface area contributed by atoms with Gasteiger partial charge in [0.15, 0.2) is 0 Å². The van der Waals surface area contributed by atoms with Gasteiger partial charge in [0.25, 0.3) is 0 Å². The monoisotopic (exact) mass is 320 g/mol. The van der Waals surface area contributed by atoms with Crippen LogP contribution >= 0.6 is 23.2 Å². The lowest BCUT2D eigenvalue weighted by molar-refractivity contribution is -0.140. The van der Waals surface area contributed by atoms with E-state index >= 15 is 0 Å². The Morgan fingerprint density at radius 2 is 1.50 bits per heavy atom. The predicted octanol–water partition coefficient (Wildman–Crippen LogP) is 2.00. The Hall–Kier alpha value is -1.99. The number of carbonyl (C=O) groups is 3. The molecule has 0 radical (unpaired) electrons. The molecule has 1 aromatic rings. The first kappa shape index (κ1) is 16.1. The topological polar surface area (TPSA) is 107 Å². The van der Waals surface area contributed by atoms with Crippen LogP contribution in [0, 0.1) is 0 Å². The molecule has 0 spiro atoms. The summed E-state index contributed by atoms with van der Waals surface area (Å²) in [6.07, 6.45) is 0. The fourth-order valence-corrected chi connectivity index (χ4v) is 1.82. The second-order valence-corrected chi connectivity index (χ2v) is 4.48. The summed E-state index contributed by atoms with van der Waals surface area (Å²) >= 11 is 11.7. The maximum Gasteiger partial charge on any atom is 0.323 e. The summed E-state index contributed by atoms with van der Waals surface area (Å²) in [7, 11) is 0. The van der Waals surface area contributed by atoms with E-state index in [1.165, 1.54) is 12.1 Å². The molecule has 0 unspecified atom stereocenters. The van der Waals surface area contributed by atoms with Crippen LogP contribution in [0.3, 0.4) is 0 Å². The van der Waals surface area contributed by atoms with Gasteiger partial charge in [-0.25, -0.2) is 4.79 Å². The van der Waals surface area contributed by atoms with Crippen molar-refractivity contribution in [3.05, 3.63) is 28.2 Å². The third kappa shape index (κ3) is 4.60. The van der Waals surface area contributed by atoms with Crippen molar-refractivity contribution >= 4 is 46.9 Å². The number of nitrogens with one attached hydrogen (secondary N) is 1. The fraction of sp³-hybridized carbons (Fsp3) is 0.182. The molecule has 0 aliphatic heterocycles. The summed E-state index contributed by atoms with van der Waals surface area (Å²) in [6.45, 7) is -1.53. The number of urea groups is 1. The zero-order valence-corrected chi connectivity index (χ0v) is 11.5. The average Bonchev–Trinajstić information content (AvgIpc) is 2.31. The van der Waals surface area contributed by atoms with Crippen LogP contribution in [0.25, 0.3) is 0 Å². The third-order valence-electron chi connectivity index (χ3n) is 2.13. The van der Waals surface area contributed by atoms with Gasteiger partial charge in [-0.05, 0) is 12.1 Å². The highest BCUT2D eigenvalue weighted by molar-refractivity contribution is 6.39. The summed E-state index contributed by atoms with van der Waals surface area (Å²) < 4.78 is 0. The predicted molar refractivity (Wildman–Crippen MR) is 72.3 cm³/mol. The van der Waals surface area contributed by atoms with Crippen molar-refractivity contribution in [3.8, 4) is 0 Å². The molecule has 1 aromatic carbocycles. The Balaban J connectivity index is 2.90. The number of nitrogens with zero attached hydrogens (tertiary/aromatic N) is 1. The number of hydrogen-bond donors (Lipinski definition) is 3. The normalized spacial score (nSPS) is 9.90. The van der Waals surface area contributed by atoms with E-state index in [4.69, 9.17) is 33.4 Å². The molecule has 2 amide bonds. The molecule has 108 valence electrons.